The van der Waals surface area contributed by atoms with Gasteiger partial charge in [0.15, 0.2) is 0 Å². The number of rotatable bonds is 38. The highest BCUT2D eigenvalue weighted by Gasteiger charge is 2.21. The van der Waals surface area contributed by atoms with Crippen LogP contribution in [0.1, 0.15) is 230 Å². The van der Waals surface area contributed by atoms with Crippen LogP contribution in [0.3, 0.4) is 0 Å². The summed E-state index contributed by atoms with van der Waals surface area (Å²) in [4.78, 5) is 15.8. The number of benzene rings is 2. The largest absolute Gasteiger partial charge is 0.506 e. The minimum atomic E-state index is -4.11. The Labute approximate surface area is 367 Å². The third-order valence-electron chi connectivity index (χ3n) is 11.6. The number of carbonyl (C=O) groups is 1. The lowest BCUT2D eigenvalue weighted by Crippen LogP contribution is -2.33. The molecule has 0 fully saturated rings. The van der Waals surface area contributed by atoms with Crippen molar-refractivity contribution in [2.45, 2.75) is 224 Å². The minimum absolute atomic E-state index is 0. The third kappa shape index (κ3) is 25.7. The molecule has 10 heteroatoms. The van der Waals surface area contributed by atoms with Crippen LogP contribution in [0.2, 0.25) is 0 Å². The number of nitrogens with zero attached hydrogens (tertiary/aromatic N) is 1. The first-order chi connectivity index (χ1) is 28.2. The van der Waals surface area contributed by atoms with E-state index < -0.39 is 21.5 Å². The molecule has 0 saturated heterocycles. The fourth-order valence-corrected chi connectivity index (χ4v) is 8.98. The Kier molecular flexibility index (Phi) is 32.2. The molecule has 0 aromatic heterocycles. The number of anilines is 2. The van der Waals surface area contributed by atoms with Crippen molar-refractivity contribution >= 4 is 39.7 Å². The lowest BCUT2D eigenvalue weighted by atomic mass is 10.0. The van der Waals surface area contributed by atoms with Crippen LogP contribution in [0.5, 0.6) is 11.5 Å². The molecule has 0 heterocycles. The number of nitrogen functional groups attached to an aromatic ring is 1. The highest BCUT2D eigenvalue weighted by atomic mass is 35.5. The summed E-state index contributed by atoms with van der Waals surface area (Å²) >= 11 is 0. The van der Waals surface area contributed by atoms with Gasteiger partial charge in [-0.3, -0.25) is 9.52 Å². The van der Waals surface area contributed by atoms with Crippen molar-refractivity contribution in [3.63, 3.8) is 0 Å². The Hall–Kier alpha value is -2.65. The van der Waals surface area contributed by atoms with Gasteiger partial charge in [0.2, 0.25) is 0 Å². The van der Waals surface area contributed by atoms with Crippen LogP contribution in [0.15, 0.2) is 41.3 Å². The Balaban J connectivity index is 0.0000174. The van der Waals surface area contributed by atoms with Gasteiger partial charge in [0.05, 0.1) is 10.6 Å². The molecule has 0 unspecified atom stereocenters. The van der Waals surface area contributed by atoms with E-state index in [4.69, 9.17) is 5.73 Å². The van der Waals surface area contributed by atoms with E-state index in [0.29, 0.717) is 18.7 Å². The molecule has 0 aliphatic carbocycles. The predicted octanol–water partition coefficient (Wildman–Crippen LogP) is 14.9. The van der Waals surface area contributed by atoms with E-state index in [2.05, 4.69) is 18.6 Å². The number of nitrogens with two attached hydrogens (primary N) is 1. The summed E-state index contributed by atoms with van der Waals surface area (Å²) in [5.74, 6) is -1.01. The van der Waals surface area contributed by atoms with Gasteiger partial charge < -0.3 is 20.8 Å². The van der Waals surface area contributed by atoms with Crippen LogP contribution in [0, 0.1) is 0 Å². The average Bonchev–Trinajstić information content (AvgIpc) is 3.21. The molecule has 5 N–H and O–H groups in total. The summed E-state index contributed by atoms with van der Waals surface area (Å²) < 4.78 is 29.0. The van der Waals surface area contributed by atoms with Crippen LogP contribution >= 0.6 is 12.4 Å². The number of phenolic OH excluding ortho intramolecular Hbond substituents is 2. The van der Waals surface area contributed by atoms with Gasteiger partial charge in [-0.05, 0) is 31.0 Å². The normalized spacial score (nSPS) is 11.4. The van der Waals surface area contributed by atoms with Crippen LogP contribution in [-0.4, -0.2) is 42.5 Å². The van der Waals surface area contributed by atoms with Crippen molar-refractivity contribution in [1.29, 1.82) is 0 Å². The molecule has 2 rings (SSSR count). The third-order valence-corrected chi connectivity index (χ3v) is 13.0. The van der Waals surface area contributed by atoms with Crippen molar-refractivity contribution in [3.8, 4) is 11.5 Å². The zero-order valence-electron chi connectivity index (χ0n) is 37.5. The van der Waals surface area contributed by atoms with Gasteiger partial charge >= 0.3 is 0 Å². The molecule has 0 atom stereocenters. The summed E-state index contributed by atoms with van der Waals surface area (Å²) in [6, 6.07) is 8.39. The molecule has 340 valence electrons. The van der Waals surface area contributed by atoms with Gasteiger partial charge in [-0.25, -0.2) is 8.42 Å². The molecule has 2 aromatic rings. The molecular formula is C49H86ClN3O5S. The molecule has 0 spiro atoms. The van der Waals surface area contributed by atoms with E-state index in [1.54, 1.807) is 12.1 Å². The molecule has 0 bridgehead atoms. The van der Waals surface area contributed by atoms with Gasteiger partial charge in [-0.1, -0.05) is 213 Å². The fraction of sp³-hybridized carbons (Fsp3) is 0.735. The van der Waals surface area contributed by atoms with Crippen molar-refractivity contribution in [3.05, 3.63) is 42.0 Å². The number of amides is 1. The molecule has 59 heavy (non-hydrogen) atoms. The van der Waals surface area contributed by atoms with Crippen molar-refractivity contribution in [2.24, 2.45) is 0 Å². The zero-order valence-corrected chi connectivity index (χ0v) is 39.1. The Morgan fingerprint density at radius 2 is 0.864 bits per heavy atom. The van der Waals surface area contributed by atoms with E-state index in [1.165, 1.54) is 192 Å². The number of carbonyl (C=O) groups excluding carboxylic acids is 1. The lowest BCUT2D eigenvalue weighted by Gasteiger charge is -2.23. The van der Waals surface area contributed by atoms with E-state index in [9.17, 15) is 23.4 Å². The first-order valence-electron chi connectivity index (χ1n) is 23.9. The van der Waals surface area contributed by atoms with Gasteiger partial charge in [-0.15, -0.1) is 12.4 Å². The minimum Gasteiger partial charge on any atom is -0.506 e. The van der Waals surface area contributed by atoms with Gasteiger partial charge in [0.1, 0.15) is 17.2 Å². The number of unbranched alkanes of at least 4 members (excludes halogenated alkanes) is 30. The lowest BCUT2D eigenvalue weighted by molar-refractivity contribution is 0.0749. The van der Waals surface area contributed by atoms with Crippen molar-refractivity contribution in [2.75, 3.05) is 23.5 Å². The highest BCUT2D eigenvalue weighted by molar-refractivity contribution is 7.92. The van der Waals surface area contributed by atoms with E-state index in [1.807, 2.05) is 4.90 Å². The fourth-order valence-electron chi connectivity index (χ4n) is 7.89. The number of hydrogen-bond acceptors (Lipinski definition) is 6. The van der Waals surface area contributed by atoms with E-state index in [0.717, 1.165) is 37.8 Å². The quantitative estimate of drug-likeness (QED) is 0.0302. The summed E-state index contributed by atoms with van der Waals surface area (Å²) in [5, 5.41) is 20.0. The summed E-state index contributed by atoms with van der Waals surface area (Å²) in [6.07, 6.45) is 41.6. The molecule has 0 saturated carbocycles. The summed E-state index contributed by atoms with van der Waals surface area (Å²) in [5.41, 5.74) is 5.67. The molecule has 1 amide bonds. The summed E-state index contributed by atoms with van der Waals surface area (Å²) in [6.45, 7) is 5.87. The maximum Gasteiger partial charge on any atom is 0.261 e. The maximum absolute atomic E-state index is 13.9. The summed E-state index contributed by atoms with van der Waals surface area (Å²) in [7, 11) is -4.11. The van der Waals surface area contributed by atoms with Gasteiger partial charge in [0.25, 0.3) is 15.9 Å². The Morgan fingerprint density at radius 1 is 0.542 bits per heavy atom. The van der Waals surface area contributed by atoms with E-state index >= 15 is 0 Å². The number of aromatic hydroxyl groups is 2. The molecule has 2 aromatic carbocycles. The Bertz CT molecular complexity index is 1400. The molecule has 0 aliphatic rings. The van der Waals surface area contributed by atoms with Crippen molar-refractivity contribution in [1.82, 2.24) is 4.90 Å². The number of halogens is 1. The molecular weight excluding hydrogens is 778 g/mol. The second-order valence-corrected chi connectivity index (χ2v) is 18.6. The second-order valence-electron chi connectivity index (χ2n) is 17.0. The Morgan fingerprint density at radius 3 is 1.20 bits per heavy atom. The van der Waals surface area contributed by atoms with E-state index in [-0.39, 0.29) is 34.6 Å². The maximum atomic E-state index is 13.9. The highest BCUT2D eigenvalue weighted by Crippen LogP contribution is 2.34. The smallest absolute Gasteiger partial charge is 0.261 e. The molecule has 8 nitrogen and oxygen atoms in total. The van der Waals surface area contributed by atoms with Crippen LogP contribution in [0.4, 0.5) is 11.4 Å². The number of nitrogens with one attached hydrogen (secondary N) is 1. The SMILES string of the molecule is CCCCCCCCCCCCCCCCCCN(CCCCCCCCCCCCCCCCCC)C(=O)c1cccc(S(=O)(=O)Nc2cc(O)c(N)c(O)c2)c1.Cl. The molecule has 0 aliphatic heterocycles. The van der Waals surface area contributed by atoms with Gasteiger partial charge in [-0.2, -0.15) is 0 Å². The standard InChI is InChI=1S/C49H85N3O5S.ClH/c1-3-5-7-9-11-13-15-17-19-21-23-25-27-29-31-33-38-52(39-34-32-30-28-26-24-22-20-18-16-14-12-10-8-6-4-2)49(55)43-36-35-37-45(40-43)58(56,57)51-44-41-46(53)48(50)47(54)42-44;/h35-37,40-42,51,53-54H,3-34,38-39,50H2,1-2H3;1H. The first-order valence-corrected chi connectivity index (χ1v) is 25.4. The predicted molar refractivity (Wildman–Crippen MR) is 254 cm³/mol. The number of phenols is 2. The number of sulfonamides is 1. The van der Waals surface area contributed by atoms with Crippen molar-refractivity contribution < 1.29 is 23.4 Å². The monoisotopic (exact) mass is 864 g/mol. The topological polar surface area (TPSA) is 133 Å². The van der Waals surface area contributed by atoms with Crippen LogP contribution < -0.4 is 10.5 Å². The van der Waals surface area contributed by atoms with Gasteiger partial charge in [0, 0.05) is 30.8 Å². The first kappa shape index (κ1) is 54.4. The number of hydrogen-bond donors (Lipinski definition) is 4. The average molecular weight is 865 g/mol. The second kappa shape index (κ2) is 35.0. The van der Waals surface area contributed by atoms with Crippen LogP contribution in [-0.2, 0) is 10.0 Å². The van der Waals surface area contributed by atoms with Crippen LogP contribution in [0.25, 0.3) is 0 Å². The molecule has 0 radical (unpaired) electrons. The zero-order chi connectivity index (χ0) is 42.1.